The van der Waals surface area contributed by atoms with Gasteiger partial charge in [0, 0.05) is 25.9 Å². The molecule has 2 N–H and O–H groups in total. The third kappa shape index (κ3) is 3.11. The lowest BCUT2D eigenvalue weighted by Gasteiger charge is -2.27. The molecule has 1 aliphatic rings. The Morgan fingerprint density at radius 1 is 1.40 bits per heavy atom. The van der Waals surface area contributed by atoms with Crippen LogP contribution in [0.5, 0.6) is 5.75 Å². The normalized spacial score (nSPS) is 14.9. The summed E-state index contributed by atoms with van der Waals surface area (Å²) in [5, 5.41) is 0. The molecule has 0 saturated heterocycles. The molecule has 1 aliphatic heterocycles. The van der Waals surface area contributed by atoms with Crippen LogP contribution in [-0.2, 0) is 4.74 Å². The molecular weight excluding hydrogens is 256 g/mol. The van der Waals surface area contributed by atoms with Crippen LogP contribution in [0.3, 0.4) is 0 Å². The van der Waals surface area contributed by atoms with E-state index < -0.39 is 0 Å². The fraction of sp³-hybridized carbons (Fsp3) is 0.400. The number of ether oxygens (including phenoxy) is 2. The number of anilines is 1. The number of hydrogen-bond acceptors (Lipinski definition) is 4. The maximum Gasteiger partial charge on any atom is 0.256 e. The van der Waals surface area contributed by atoms with Gasteiger partial charge in [0.2, 0.25) is 0 Å². The van der Waals surface area contributed by atoms with Crippen LogP contribution in [0, 0.1) is 0 Å². The van der Waals surface area contributed by atoms with Crippen molar-refractivity contribution < 1.29 is 14.3 Å². The van der Waals surface area contributed by atoms with Crippen molar-refractivity contribution in [2.75, 3.05) is 39.6 Å². The maximum atomic E-state index is 12.5. The monoisotopic (exact) mass is 276 g/mol. The maximum absolute atomic E-state index is 12.5. The molecule has 0 unspecified atom stereocenters. The third-order valence-corrected chi connectivity index (χ3v) is 3.41. The van der Waals surface area contributed by atoms with Crippen LogP contribution in [0.1, 0.15) is 16.8 Å². The van der Waals surface area contributed by atoms with E-state index >= 15 is 0 Å². The molecule has 0 spiro atoms. The number of carbonyl (C=O) groups is 1. The summed E-state index contributed by atoms with van der Waals surface area (Å²) in [7, 11) is 3.25. The van der Waals surface area contributed by atoms with E-state index in [1.807, 2.05) is 6.08 Å². The van der Waals surface area contributed by atoms with Gasteiger partial charge in [0.1, 0.15) is 5.75 Å². The van der Waals surface area contributed by atoms with Crippen LogP contribution < -0.4 is 10.5 Å². The number of carbonyl (C=O) groups excluding carboxylic acids is 1. The fourth-order valence-electron chi connectivity index (χ4n) is 2.23. The van der Waals surface area contributed by atoms with Gasteiger partial charge in [-0.15, -0.1) is 0 Å². The molecule has 0 fully saturated rings. The summed E-state index contributed by atoms with van der Waals surface area (Å²) in [6, 6.07) is 5.13. The number of rotatable bonds is 4. The highest BCUT2D eigenvalue weighted by Gasteiger charge is 2.20. The molecular formula is C15H20N2O3. The standard InChI is InChI=1S/C15H20N2O3/c1-19-10-11-5-7-17(8-6-11)15(18)13-9-12(20-2)3-4-14(13)16/h3-5,9H,6-8,10,16H2,1-2H3. The number of nitrogens with zero attached hydrogens (tertiary/aromatic N) is 1. The smallest absolute Gasteiger partial charge is 0.256 e. The number of nitrogen functional groups attached to an aromatic ring is 1. The molecule has 0 radical (unpaired) electrons. The summed E-state index contributed by atoms with van der Waals surface area (Å²) < 4.78 is 10.2. The summed E-state index contributed by atoms with van der Waals surface area (Å²) in [5.74, 6) is 0.573. The van der Waals surface area contributed by atoms with Crippen molar-refractivity contribution >= 4 is 11.6 Å². The fourth-order valence-corrected chi connectivity index (χ4v) is 2.23. The molecule has 1 amide bonds. The van der Waals surface area contributed by atoms with Gasteiger partial charge in [-0.3, -0.25) is 4.79 Å². The first-order valence-electron chi connectivity index (χ1n) is 6.55. The number of nitrogens with two attached hydrogens (primary N) is 1. The highest BCUT2D eigenvalue weighted by molar-refractivity contribution is 5.99. The zero-order chi connectivity index (χ0) is 14.5. The Kier molecular flexibility index (Phi) is 4.63. The molecule has 5 nitrogen and oxygen atoms in total. The second-order valence-corrected chi connectivity index (χ2v) is 4.75. The minimum absolute atomic E-state index is 0.0610. The molecule has 0 aromatic heterocycles. The van der Waals surface area contributed by atoms with Gasteiger partial charge >= 0.3 is 0 Å². The molecule has 0 atom stereocenters. The minimum atomic E-state index is -0.0610. The number of amides is 1. The van der Waals surface area contributed by atoms with Gasteiger partial charge in [-0.05, 0) is 30.2 Å². The lowest BCUT2D eigenvalue weighted by molar-refractivity contribution is 0.0765. The Hall–Kier alpha value is -2.01. The molecule has 1 aromatic carbocycles. The van der Waals surface area contributed by atoms with Crippen LogP contribution >= 0.6 is 0 Å². The number of hydrogen-bond donors (Lipinski definition) is 1. The van der Waals surface area contributed by atoms with Crippen LogP contribution in [-0.4, -0.2) is 44.7 Å². The van der Waals surface area contributed by atoms with Crippen molar-refractivity contribution in [3.63, 3.8) is 0 Å². The molecule has 0 saturated carbocycles. The highest BCUT2D eigenvalue weighted by atomic mass is 16.5. The quantitative estimate of drug-likeness (QED) is 0.671. The van der Waals surface area contributed by atoms with Crippen molar-refractivity contribution in [2.45, 2.75) is 6.42 Å². The minimum Gasteiger partial charge on any atom is -0.497 e. The molecule has 1 heterocycles. The summed E-state index contributed by atoms with van der Waals surface area (Å²) >= 11 is 0. The number of benzene rings is 1. The highest BCUT2D eigenvalue weighted by Crippen LogP contribution is 2.22. The van der Waals surface area contributed by atoms with Crippen molar-refractivity contribution in [3.8, 4) is 5.75 Å². The second-order valence-electron chi connectivity index (χ2n) is 4.75. The van der Waals surface area contributed by atoms with Crippen molar-refractivity contribution in [1.29, 1.82) is 0 Å². The average Bonchev–Trinajstić information content (AvgIpc) is 2.48. The van der Waals surface area contributed by atoms with E-state index in [9.17, 15) is 4.79 Å². The van der Waals surface area contributed by atoms with Gasteiger partial charge < -0.3 is 20.1 Å². The third-order valence-electron chi connectivity index (χ3n) is 3.41. The van der Waals surface area contributed by atoms with Crippen molar-refractivity contribution in [1.82, 2.24) is 4.90 Å². The lowest BCUT2D eigenvalue weighted by Crippen LogP contribution is -2.35. The van der Waals surface area contributed by atoms with Crippen LogP contribution in [0.4, 0.5) is 5.69 Å². The van der Waals surface area contributed by atoms with Gasteiger partial charge in [-0.1, -0.05) is 6.08 Å². The van der Waals surface area contributed by atoms with Gasteiger partial charge in [0.15, 0.2) is 0 Å². The molecule has 0 bridgehead atoms. The molecule has 5 heteroatoms. The number of methoxy groups -OCH3 is 2. The van der Waals surface area contributed by atoms with E-state index in [1.165, 1.54) is 5.57 Å². The van der Waals surface area contributed by atoms with Gasteiger partial charge in [0.25, 0.3) is 5.91 Å². The van der Waals surface area contributed by atoms with E-state index in [-0.39, 0.29) is 5.91 Å². The second kappa shape index (κ2) is 6.43. The molecule has 108 valence electrons. The SMILES string of the molecule is COCC1=CCN(C(=O)c2cc(OC)ccc2N)CC1. The Morgan fingerprint density at radius 2 is 2.20 bits per heavy atom. The van der Waals surface area contributed by atoms with Crippen molar-refractivity contribution in [2.24, 2.45) is 0 Å². The van der Waals surface area contributed by atoms with E-state index in [0.29, 0.717) is 36.7 Å². The van der Waals surface area contributed by atoms with Gasteiger partial charge in [-0.25, -0.2) is 0 Å². The predicted molar refractivity (Wildman–Crippen MR) is 77.9 cm³/mol. The van der Waals surface area contributed by atoms with Crippen molar-refractivity contribution in [3.05, 3.63) is 35.4 Å². The van der Waals surface area contributed by atoms with Crippen LogP contribution in [0.15, 0.2) is 29.8 Å². The summed E-state index contributed by atoms with van der Waals surface area (Å²) in [6.45, 7) is 1.90. The molecule has 0 aliphatic carbocycles. The Morgan fingerprint density at radius 3 is 2.80 bits per heavy atom. The van der Waals surface area contributed by atoms with E-state index in [1.54, 1.807) is 37.3 Å². The van der Waals surface area contributed by atoms with Crippen LogP contribution in [0.25, 0.3) is 0 Å². The Labute approximate surface area is 119 Å². The van der Waals surface area contributed by atoms with E-state index in [0.717, 1.165) is 6.42 Å². The summed E-state index contributed by atoms with van der Waals surface area (Å²) in [5.41, 5.74) is 8.09. The average molecular weight is 276 g/mol. The van der Waals surface area contributed by atoms with Gasteiger partial charge in [-0.2, -0.15) is 0 Å². The zero-order valence-corrected chi connectivity index (χ0v) is 11.9. The first-order chi connectivity index (χ1) is 9.65. The molecule has 1 aromatic rings. The van der Waals surface area contributed by atoms with Crippen LogP contribution in [0.2, 0.25) is 0 Å². The first-order valence-corrected chi connectivity index (χ1v) is 6.55. The summed E-state index contributed by atoms with van der Waals surface area (Å²) in [6.07, 6.45) is 2.88. The first kappa shape index (κ1) is 14.4. The summed E-state index contributed by atoms with van der Waals surface area (Å²) in [4.78, 5) is 14.3. The molecule has 2 rings (SSSR count). The van der Waals surface area contributed by atoms with Gasteiger partial charge in [0.05, 0.1) is 19.3 Å². The Balaban J connectivity index is 2.13. The topological polar surface area (TPSA) is 64.8 Å². The van der Waals surface area contributed by atoms with E-state index in [4.69, 9.17) is 15.2 Å². The molecule has 20 heavy (non-hydrogen) atoms. The zero-order valence-electron chi connectivity index (χ0n) is 11.9. The Bertz CT molecular complexity index is 526. The lowest BCUT2D eigenvalue weighted by atomic mass is 10.1. The largest absolute Gasteiger partial charge is 0.497 e. The predicted octanol–water partition coefficient (Wildman–Crippen LogP) is 1.70. The van der Waals surface area contributed by atoms with E-state index in [2.05, 4.69) is 0 Å².